The largest absolute Gasteiger partial charge is 0.349 e. The van der Waals surface area contributed by atoms with Crippen molar-refractivity contribution < 1.29 is 9.59 Å². The van der Waals surface area contributed by atoms with Crippen LogP contribution in [0.1, 0.15) is 18.0 Å². The summed E-state index contributed by atoms with van der Waals surface area (Å²) in [6.45, 7) is 10.8. The van der Waals surface area contributed by atoms with Gasteiger partial charge in [-0.1, -0.05) is 61.7 Å². The van der Waals surface area contributed by atoms with Gasteiger partial charge >= 0.3 is 0 Å². The predicted molar refractivity (Wildman–Crippen MR) is 116 cm³/mol. The number of benzene rings is 1. The molecule has 3 rings (SSSR count). The van der Waals surface area contributed by atoms with Gasteiger partial charge in [0.2, 0.25) is 11.8 Å². The second kappa shape index (κ2) is 9.23. The molecule has 0 radical (unpaired) electrons. The minimum Gasteiger partial charge on any atom is -0.349 e. The summed E-state index contributed by atoms with van der Waals surface area (Å²) in [6, 6.07) is 10.5. The molecule has 1 saturated carbocycles. The van der Waals surface area contributed by atoms with Crippen LogP contribution < -0.4 is 0 Å². The van der Waals surface area contributed by atoms with Crippen molar-refractivity contribution in [3.05, 3.63) is 72.9 Å². The van der Waals surface area contributed by atoms with Gasteiger partial charge in [0.25, 0.3) is 0 Å². The molecule has 29 heavy (non-hydrogen) atoms. The fourth-order valence-electron chi connectivity index (χ4n) is 4.16. The highest BCUT2D eigenvalue weighted by molar-refractivity contribution is 5.92. The molecular formula is C24H31N3O2. The maximum atomic E-state index is 12.8. The fraction of sp³-hybridized carbons (Fsp3) is 0.417. The Morgan fingerprint density at radius 1 is 1.07 bits per heavy atom. The molecule has 5 nitrogen and oxygen atoms in total. The van der Waals surface area contributed by atoms with E-state index in [0.717, 1.165) is 18.7 Å². The number of carbonyl (C=O) groups excluding carboxylic acids is 2. The Labute approximate surface area is 174 Å². The molecule has 1 heterocycles. The Morgan fingerprint density at radius 3 is 2.28 bits per heavy atom. The lowest BCUT2D eigenvalue weighted by Gasteiger charge is -2.40. The maximum absolute atomic E-state index is 12.8. The van der Waals surface area contributed by atoms with Crippen molar-refractivity contribution in [2.24, 2.45) is 11.8 Å². The second-order valence-corrected chi connectivity index (χ2v) is 7.96. The molecule has 2 fully saturated rings. The number of hydrogen-bond acceptors (Lipinski definition) is 3. The number of hydrogen-bond donors (Lipinski definition) is 0. The lowest BCUT2D eigenvalue weighted by Crippen LogP contribution is -2.50. The molecule has 1 aromatic rings. The second-order valence-electron chi connectivity index (χ2n) is 7.96. The van der Waals surface area contributed by atoms with Crippen molar-refractivity contribution in [1.29, 1.82) is 0 Å². The summed E-state index contributed by atoms with van der Waals surface area (Å²) in [4.78, 5) is 30.8. The van der Waals surface area contributed by atoms with E-state index in [1.807, 2.05) is 35.3 Å². The average molecular weight is 394 g/mol. The summed E-state index contributed by atoms with van der Waals surface area (Å²) in [5, 5.41) is 0. The molecule has 1 aromatic carbocycles. The molecule has 154 valence electrons. The van der Waals surface area contributed by atoms with Gasteiger partial charge in [0, 0.05) is 40.3 Å². The minimum atomic E-state index is -0.134. The molecule has 1 aliphatic carbocycles. The lowest BCUT2D eigenvalue weighted by molar-refractivity contribution is -0.138. The summed E-state index contributed by atoms with van der Waals surface area (Å²) in [5.41, 5.74) is 2.31. The zero-order chi connectivity index (χ0) is 21.0. The lowest BCUT2D eigenvalue weighted by atomic mass is 9.95. The van der Waals surface area contributed by atoms with Gasteiger partial charge in [0.05, 0.1) is 17.9 Å². The summed E-state index contributed by atoms with van der Waals surface area (Å²) in [5.74, 6) is -0.0655. The Balaban J connectivity index is 1.67. The Bertz CT molecular complexity index is 792. The van der Waals surface area contributed by atoms with Crippen molar-refractivity contribution in [3.63, 3.8) is 0 Å². The monoisotopic (exact) mass is 393 g/mol. The predicted octanol–water partition coefficient (Wildman–Crippen LogP) is 2.89. The van der Waals surface area contributed by atoms with Crippen LogP contribution in [0.2, 0.25) is 0 Å². The number of allylic oxidation sites excluding steroid dienone is 2. The zero-order valence-electron chi connectivity index (χ0n) is 17.5. The topological polar surface area (TPSA) is 43.9 Å². The van der Waals surface area contributed by atoms with E-state index in [2.05, 4.69) is 30.2 Å². The van der Waals surface area contributed by atoms with Crippen molar-refractivity contribution in [2.45, 2.75) is 12.5 Å². The zero-order valence-corrected chi connectivity index (χ0v) is 17.5. The summed E-state index contributed by atoms with van der Waals surface area (Å²) in [6.07, 6.45) is 6.37. The highest BCUT2D eigenvalue weighted by Gasteiger charge is 2.50. The van der Waals surface area contributed by atoms with Crippen molar-refractivity contribution in [1.82, 2.24) is 14.7 Å². The fourth-order valence-corrected chi connectivity index (χ4v) is 4.16. The number of amides is 2. The minimum absolute atomic E-state index is 0.0660. The molecule has 5 heteroatoms. The van der Waals surface area contributed by atoms with Crippen molar-refractivity contribution in [2.75, 3.05) is 40.3 Å². The molecule has 2 aliphatic rings. The van der Waals surface area contributed by atoms with E-state index in [1.165, 1.54) is 5.56 Å². The molecule has 1 saturated heterocycles. The van der Waals surface area contributed by atoms with Gasteiger partial charge in [-0.15, -0.1) is 0 Å². The van der Waals surface area contributed by atoms with Crippen LogP contribution >= 0.6 is 0 Å². The van der Waals surface area contributed by atoms with Crippen LogP contribution in [0.5, 0.6) is 0 Å². The van der Waals surface area contributed by atoms with E-state index in [4.69, 9.17) is 0 Å². The number of rotatable bonds is 7. The first-order valence-electron chi connectivity index (χ1n) is 10.2. The van der Waals surface area contributed by atoms with Gasteiger partial charge in [0.1, 0.15) is 0 Å². The highest BCUT2D eigenvalue weighted by Crippen LogP contribution is 2.41. The van der Waals surface area contributed by atoms with Crippen molar-refractivity contribution >= 4 is 11.8 Å². The van der Waals surface area contributed by atoms with Gasteiger partial charge in [-0.25, -0.2) is 0 Å². The van der Waals surface area contributed by atoms with E-state index in [1.54, 1.807) is 25.1 Å². The molecule has 0 spiro atoms. The first-order chi connectivity index (χ1) is 14.0. The van der Waals surface area contributed by atoms with E-state index in [9.17, 15) is 9.59 Å². The van der Waals surface area contributed by atoms with Gasteiger partial charge in [-0.05, 0) is 17.6 Å². The van der Waals surface area contributed by atoms with Crippen LogP contribution in [0.4, 0.5) is 0 Å². The molecule has 2 amide bonds. The molecule has 0 aromatic heterocycles. The quantitative estimate of drug-likeness (QED) is 0.669. The maximum Gasteiger partial charge on any atom is 0.226 e. The van der Waals surface area contributed by atoms with Crippen LogP contribution in [-0.4, -0.2) is 66.8 Å². The molecule has 3 unspecified atom stereocenters. The average Bonchev–Trinajstić information content (AvgIpc) is 3.54. The number of carbonyl (C=O) groups is 2. The molecule has 1 aliphatic heterocycles. The van der Waals surface area contributed by atoms with Crippen LogP contribution in [0, 0.1) is 11.8 Å². The van der Waals surface area contributed by atoms with E-state index >= 15 is 0 Å². The Hall–Kier alpha value is -2.66. The van der Waals surface area contributed by atoms with Gasteiger partial charge in [-0.2, -0.15) is 0 Å². The van der Waals surface area contributed by atoms with E-state index < -0.39 is 0 Å². The molecule has 0 N–H and O–H groups in total. The number of nitrogens with zero attached hydrogens (tertiary/aromatic N) is 3. The van der Waals surface area contributed by atoms with E-state index in [0.29, 0.717) is 19.5 Å². The van der Waals surface area contributed by atoms with Crippen LogP contribution in [0.15, 0.2) is 67.3 Å². The Morgan fingerprint density at radius 2 is 1.72 bits per heavy atom. The molecule has 3 atom stereocenters. The normalized spacial score (nSPS) is 23.2. The SMILES string of the molecule is C=C/C=C(\C=C)C(c1ccccc1)N1CCN(C(=O)C2CC2C(=O)N(C)C)CC1. The molecule has 0 bridgehead atoms. The van der Waals surface area contributed by atoms with Gasteiger partial charge in [0.15, 0.2) is 0 Å². The highest BCUT2D eigenvalue weighted by atomic mass is 16.2. The third-order valence-corrected chi connectivity index (χ3v) is 5.83. The van der Waals surface area contributed by atoms with Crippen LogP contribution in [0.3, 0.4) is 0 Å². The summed E-state index contributed by atoms with van der Waals surface area (Å²) >= 11 is 0. The van der Waals surface area contributed by atoms with Gasteiger partial charge < -0.3 is 9.80 Å². The third kappa shape index (κ3) is 4.67. The number of piperazine rings is 1. The molecular weight excluding hydrogens is 362 g/mol. The van der Waals surface area contributed by atoms with E-state index in [-0.39, 0.29) is 29.7 Å². The van der Waals surface area contributed by atoms with Crippen molar-refractivity contribution in [3.8, 4) is 0 Å². The first-order valence-corrected chi connectivity index (χ1v) is 10.2. The van der Waals surface area contributed by atoms with Crippen LogP contribution in [0.25, 0.3) is 0 Å². The third-order valence-electron chi connectivity index (χ3n) is 5.83. The standard InChI is InChI=1S/C24H31N3O2/c1-5-10-18(6-2)22(19-11-8-7-9-12-19)26-13-15-27(16-14-26)24(29)21-17-20(21)23(28)25(3)4/h5-12,20-22H,1-2,13-17H2,3-4H3/b18-10+. The smallest absolute Gasteiger partial charge is 0.226 e. The Kier molecular flexibility index (Phi) is 6.70. The summed E-state index contributed by atoms with van der Waals surface area (Å²) in [7, 11) is 3.50. The van der Waals surface area contributed by atoms with Gasteiger partial charge in [-0.3, -0.25) is 14.5 Å². The first kappa shape index (κ1) is 21.1. The summed E-state index contributed by atoms with van der Waals surface area (Å²) < 4.78 is 0. The van der Waals surface area contributed by atoms with Crippen LogP contribution in [-0.2, 0) is 9.59 Å².